The maximum atomic E-state index is 11.9. The van der Waals surface area contributed by atoms with Gasteiger partial charge in [-0.15, -0.1) is 0 Å². The van der Waals surface area contributed by atoms with Gasteiger partial charge in [0.2, 0.25) is 5.91 Å². The lowest BCUT2D eigenvalue weighted by Crippen LogP contribution is -2.43. The van der Waals surface area contributed by atoms with Crippen molar-refractivity contribution in [3.8, 4) is 0 Å². The molecule has 0 radical (unpaired) electrons. The highest BCUT2D eigenvalue weighted by molar-refractivity contribution is 9.10. The number of halogens is 1. The second-order valence-corrected chi connectivity index (χ2v) is 8.78. The van der Waals surface area contributed by atoms with Gasteiger partial charge in [0.15, 0.2) is 0 Å². The van der Waals surface area contributed by atoms with Gasteiger partial charge in [0.25, 0.3) is 0 Å². The summed E-state index contributed by atoms with van der Waals surface area (Å²) in [4.78, 5) is 34.9. The number of rotatable bonds is 11. The Balaban J connectivity index is 2.18. The second-order valence-electron chi connectivity index (χ2n) is 7.86. The van der Waals surface area contributed by atoms with Crippen LogP contribution < -0.4 is 10.6 Å². The molecule has 0 heterocycles. The summed E-state index contributed by atoms with van der Waals surface area (Å²) in [7, 11) is 0. The molecular formula is C21H31BrN2O5. The number of carboxylic acid groups (broad SMARTS) is 1. The molecule has 0 saturated heterocycles. The average molecular weight is 471 g/mol. The molecule has 0 spiro atoms. The normalized spacial score (nSPS) is 12.1. The van der Waals surface area contributed by atoms with E-state index < -0.39 is 23.7 Å². The number of carboxylic acids is 1. The Morgan fingerprint density at radius 1 is 1.10 bits per heavy atom. The number of carbonyl (C=O) groups is 3. The predicted molar refractivity (Wildman–Crippen MR) is 115 cm³/mol. The van der Waals surface area contributed by atoms with Crippen LogP contribution >= 0.6 is 15.9 Å². The molecule has 0 aliphatic heterocycles. The maximum Gasteiger partial charge on any atom is 0.408 e. The smallest absolute Gasteiger partial charge is 0.408 e. The van der Waals surface area contributed by atoms with Gasteiger partial charge < -0.3 is 20.5 Å². The van der Waals surface area contributed by atoms with E-state index in [2.05, 4.69) is 26.6 Å². The molecule has 8 heteroatoms. The number of hydrogen-bond donors (Lipinski definition) is 3. The van der Waals surface area contributed by atoms with Crippen LogP contribution in [0.15, 0.2) is 28.7 Å². The zero-order valence-electron chi connectivity index (χ0n) is 17.3. The Morgan fingerprint density at radius 2 is 1.76 bits per heavy atom. The summed E-state index contributed by atoms with van der Waals surface area (Å²) >= 11 is 3.39. The Labute approximate surface area is 180 Å². The van der Waals surface area contributed by atoms with Crippen LogP contribution in [0.4, 0.5) is 4.79 Å². The zero-order chi connectivity index (χ0) is 21.9. The van der Waals surface area contributed by atoms with E-state index in [1.807, 2.05) is 24.3 Å². The summed E-state index contributed by atoms with van der Waals surface area (Å²) in [6.07, 6.45) is 2.79. The molecule has 1 aromatic carbocycles. The molecule has 0 aliphatic rings. The first kappa shape index (κ1) is 24.9. The van der Waals surface area contributed by atoms with Gasteiger partial charge in [0.1, 0.15) is 11.6 Å². The van der Waals surface area contributed by atoms with Gasteiger partial charge in [-0.1, -0.05) is 28.1 Å². The first-order valence-corrected chi connectivity index (χ1v) is 10.6. The van der Waals surface area contributed by atoms with E-state index in [1.54, 1.807) is 20.8 Å². The molecule has 1 atom stereocenters. The van der Waals surface area contributed by atoms with Crippen molar-refractivity contribution >= 4 is 33.9 Å². The molecule has 162 valence electrons. The number of alkyl carbamates (subject to hydrolysis) is 1. The van der Waals surface area contributed by atoms with Gasteiger partial charge in [0, 0.05) is 17.4 Å². The van der Waals surface area contributed by atoms with Crippen LogP contribution in [-0.4, -0.2) is 41.3 Å². The molecule has 0 fully saturated rings. The van der Waals surface area contributed by atoms with E-state index in [4.69, 9.17) is 4.74 Å². The third-order valence-corrected chi connectivity index (χ3v) is 4.54. The molecule has 1 rings (SSSR count). The van der Waals surface area contributed by atoms with E-state index in [9.17, 15) is 19.5 Å². The van der Waals surface area contributed by atoms with Crippen LogP contribution in [0.1, 0.15) is 58.4 Å². The Morgan fingerprint density at radius 3 is 2.34 bits per heavy atom. The molecule has 0 bridgehead atoms. The van der Waals surface area contributed by atoms with E-state index >= 15 is 0 Å². The van der Waals surface area contributed by atoms with Crippen molar-refractivity contribution in [3.05, 3.63) is 34.3 Å². The first-order valence-electron chi connectivity index (χ1n) is 9.80. The van der Waals surface area contributed by atoms with E-state index in [1.165, 1.54) is 5.56 Å². The SMILES string of the molecule is CC(C)(C)OC(=O)N[C@@H](CCCCNC(=O)CCCc1ccc(Br)cc1)C(=O)O. The molecule has 0 unspecified atom stereocenters. The van der Waals surface area contributed by atoms with Gasteiger partial charge >= 0.3 is 12.1 Å². The van der Waals surface area contributed by atoms with Crippen molar-refractivity contribution in [2.24, 2.45) is 0 Å². The fourth-order valence-corrected chi connectivity index (χ4v) is 2.87. The molecule has 2 amide bonds. The van der Waals surface area contributed by atoms with Crippen LogP contribution in [0.2, 0.25) is 0 Å². The van der Waals surface area contributed by atoms with Crippen LogP contribution in [0.3, 0.4) is 0 Å². The van der Waals surface area contributed by atoms with Crippen molar-refractivity contribution in [3.63, 3.8) is 0 Å². The van der Waals surface area contributed by atoms with Crippen molar-refractivity contribution in [2.75, 3.05) is 6.54 Å². The topological polar surface area (TPSA) is 105 Å². The lowest BCUT2D eigenvalue weighted by molar-refractivity contribution is -0.139. The average Bonchev–Trinajstić information content (AvgIpc) is 2.60. The molecule has 0 aliphatic carbocycles. The molecule has 1 aromatic rings. The zero-order valence-corrected chi connectivity index (χ0v) is 18.9. The van der Waals surface area contributed by atoms with Crippen LogP contribution in [0.5, 0.6) is 0 Å². The van der Waals surface area contributed by atoms with Gasteiger partial charge in [-0.05, 0) is 70.6 Å². The highest BCUT2D eigenvalue weighted by atomic mass is 79.9. The van der Waals surface area contributed by atoms with E-state index in [0.29, 0.717) is 25.8 Å². The largest absolute Gasteiger partial charge is 0.480 e. The molecular weight excluding hydrogens is 440 g/mol. The van der Waals surface area contributed by atoms with Crippen molar-refractivity contribution in [2.45, 2.75) is 70.9 Å². The third kappa shape index (κ3) is 12.2. The van der Waals surface area contributed by atoms with Gasteiger partial charge in [-0.3, -0.25) is 4.79 Å². The van der Waals surface area contributed by atoms with Gasteiger partial charge in [0.05, 0.1) is 0 Å². The summed E-state index contributed by atoms with van der Waals surface area (Å²) < 4.78 is 6.11. The molecule has 29 heavy (non-hydrogen) atoms. The van der Waals surface area contributed by atoms with Crippen LogP contribution in [0, 0.1) is 0 Å². The first-order chi connectivity index (χ1) is 13.6. The summed E-state index contributed by atoms with van der Waals surface area (Å²) in [6, 6.07) is 7.03. The van der Waals surface area contributed by atoms with E-state index in [0.717, 1.165) is 17.3 Å². The highest BCUT2D eigenvalue weighted by Gasteiger charge is 2.23. The number of ether oxygens (including phenoxy) is 1. The number of unbranched alkanes of at least 4 members (excludes halogenated alkanes) is 1. The number of benzene rings is 1. The van der Waals surface area contributed by atoms with Gasteiger partial charge in [-0.2, -0.15) is 0 Å². The molecule has 3 N–H and O–H groups in total. The minimum Gasteiger partial charge on any atom is -0.480 e. The number of nitrogens with one attached hydrogen (secondary N) is 2. The lowest BCUT2D eigenvalue weighted by Gasteiger charge is -2.22. The van der Waals surface area contributed by atoms with Crippen LogP contribution in [0.25, 0.3) is 0 Å². The minimum atomic E-state index is -1.10. The Bertz CT molecular complexity index is 671. The van der Waals surface area contributed by atoms with Crippen molar-refractivity contribution in [1.82, 2.24) is 10.6 Å². The lowest BCUT2D eigenvalue weighted by atomic mass is 10.1. The maximum absolute atomic E-state index is 11.9. The summed E-state index contributed by atoms with van der Waals surface area (Å²) in [5, 5.41) is 14.4. The van der Waals surface area contributed by atoms with Crippen molar-refractivity contribution < 1.29 is 24.2 Å². The third-order valence-electron chi connectivity index (χ3n) is 4.01. The minimum absolute atomic E-state index is 0.0104. The second kappa shape index (κ2) is 12.5. The fourth-order valence-electron chi connectivity index (χ4n) is 2.60. The Hall–Kier alpha value is -2.09. The molecule has 0 saturated carbocycles. The summed E-state index contributed by atoms with van der Waals surface area (Å²) in [5.74, 6) is -1.11. The summed E-state index contributed by atoms with van der Waals surface area (Å²) in [6.45, 7) is 5.62. The number of amides is 2. The Kier molecular flexibility index (Phi) is 10.7. The number of aliphatic carboxylic acids is 1. The van der Waals surface area contributed by atoms with Crippen molar-refractivity contribution in [1.29, 1.82) is 0 Å². The summed E-state index contributed by atoms with van der Waals surface area (Å²) in [5.41, 5.74) is 0.507. The molecule has 7 nitrogen and oxygen atoms in total. The van der Waals surface area contributed by atoms with Crippen LogP contribution in [-0.2, 0) is 20.7 Å². The van der Waals surface area contributed by atoms with Gasteiger partial charge in [-0.25, -0.2) is 9.59 Å². The number of carbonyl (C=O) groups excluding carboxylic acids is 2. The quantitative estimate of drug-likeness (QED) is 0.423. The fraction of sp³-hybridized carbons (Fsp3) is 0.571. The predicted octanol–water partition coefficient (Wildman–Crippen LogP) is 4.04. The van der Waals surface area contributed by atoms with E-state index in [-0.39, 0.29) is 12.3 Å². The number of hydrogen-bond acceptors (Lipinski definition) is 4. The number of aryl methyl sites for hydroxylation is 1. The molecule has 0 aromatic heterocycles. The highest BCUT2D eigenvalue weighted by Crippen LogP contribution is 2.12. The monoisotopic (exact) mass is 470 g/mol. The standard InChI is InChI=1S/C21H31BrN2O5/c1-21(2,3)29-20(28)24-17(19(26)27)8-4-5-14-23-18(25)9-6-7-15-10-12-16(22)13-11-15/h10-13,17H,4-9,14H2,1-3H3,(H,23,25)(H,24,28)(H,26,27)/t17-/m0/s1.